The van der Waals surface area contributed by atoms with E-state index in [1.807, 2.05) is 0 Å². The van der Waals surface area contributed by atoms with Crippen LogP contribution in [0.4, 0.5) is 0 Å². The predicted molar refractivity (Wildman–Crippen MR) is 57.7 cm³/mol. The maximum Gasteiger partial charge on any atom is 0.208 e. The Bertz CT molecular complexity index is 256. The number of piperidine rings is 1. The van der Waals surface area contributed by atoms with Crippen LogP contribution in [0, 0.1) is 5.92 Å². The summed E-state index contributed by atoms with van der Waals surface area (Å²) in [5, 5.41) is 0. The van der Waals surface area contributed by atoms with E-state index in [4.69, 9.17) is 0 Å². The third kappa shape index (κ3) is 4.93. The largest absolute Gasteiger partial charge is 0.306 e. The fourth-order valence-corrected chi connectivity index (χ4v) is 2.29. The summed E-state index contributed by atoms with van der Waals surface area (Å²) < 4.78 is 24.2. The molecule has 1 aliphatic heterocycles. The van der Waals surface area contributed by atoms with Crippen molar-refractivity contribution in [3.63, 3.8) is 0 Å². The number of sulfonamides is 1. The molecule has 0 saturated carbocycles. The van der Waals surface area contributed by atoms with E-state index < -0.39 is 10.0 Å². The molecule has 1 rings (SSSR count). The summed E-state index contributed by atoms with van der Waals surface area (Å²) >= 11 is 0. The lowest BCUT2D eigenvalue weighted by Gasteiger charge is -2.28. The Morgan fingerprint density at radius 3 is 2.43 bits per heavy atom. The van der Waals surface area contributed by atoms with Crippen molar-refractivity contribution in [3.05, 3.63) is 0 Å². The molecular weight excluding hydrogens is 200 g/mol. The van der Waals surface area contributed by atoms with Crippen LogP contribution in [0.25, 0.3) is 0 Å². The SMILES string of the molecule is CN1CCC(CCNS(C)(=O)=O)CC1. The molecule has 0 atom stereocenters. The summed E-state index contributed by atoms with van der Waals surface area (Å²) in [5.41, 5.74) is 0. The molecule has 1 heterocycles. The molecule has 1 aliphatic rings. The highest BCUT2D eigenvalue weighted by Gasteiger charge is 2.16. The summed E-state index contributed by atoms with van der Waals surface area (Å²) in [6.07, 6.45) is 4.58. The normalized spacial score (nSPS) is 21.3. The van der Waals surface area contributed by atoms with Gasteiger partial charge in [0.25, 0.3) is 0 Å². The first-order chi connectivity index (χ1) is 6.47. The van der Waals surface area contributed by atoms with Crippen molar-refractivity contribution in [2.45, 2.75) is 19.3 Å². The van der Waals surface area contributed by atoms with Crippen molar-refractivity contribution in [2.75, 3.05) is 32.9 Å². The second-order valence-electron chi connectivity index (χ2n) is 4.20. The van der Waals surface area contributed by atoms with Crippen molar-refractivity contribution in [1.29, 1.82) is 0 Å². The van der Waals surface area contributed by atoms with E-state index in [2.05, 4.69) is 16.7 Å². The third-order valence-electron chi connectivity index (χ3n) is 2.75. The van der Waals surface area contributed by atoms with Gasteiger partial charge in [-0.2, -0.15) is 0 Å². The molecule has 1 N–H and O–H groups in total. The molecule has 0 spiro atoms. The van der Waals surface area contributed by atoms with Crippen LogP contribution in [0.3, 0.4) is 0 Å². The topological polar surface area (TPSA) is 49.4 Å². The molecule has 0 aromatic rings. The summed E-state index contributed by atoms with van der Waals surface area (Å²) in [5.74, 6) is 0.695. The second-order valence-corrected chi connectivity index (χ2v) is 6.03. The van der Waals surface area contributed by atoms with E-state index in [1.165, 1.54) is 19.1 Å². The minimum absolute atomic E-state index is 0.590. The summed E-state index contributed by atoms with van der Waals surface area (Å²) in [6, 6.07) is 0. The molecule has 14 heavy (non-hydrogen) atoms. The monoisotopic (exact) mass is 220 g/mol. The van der Waals surface area contributed by atoms with Gasteiger partial charge in [0.15, 0.2) is 0 Å². The first-order valence-electron chi connectivity index (χ1n) is 5.10. The number of likely N-dealkylation sites (tertiary alicyclic amines) is 1. The Labute approximate surface area is 86.7 Å². The molecule has 0 bridgehead atoms. The van der Waals surface area contributed by atoms with Gasteiger partial charge in [0.2, 0.25) is 10.0 Å². The molecule has 0 aromatic heterocycles. The molecule has 4 nitrogen and oxygen atoms in total. The zero-order valence-electron chi connectivity index (χ0n) is 8.99. The highest BCUT2D eigenvalue weighted by Crippen LogP contribution is 2.18. The predicted octanol–water partition coefficient (Wildman–Crippen LogP) is 0.267. The molecule has 0 unspecified atom stereocenters. The second kappa shape index (κ2) is 5.09. The van der Waals surface area contributed by atoms with E-state index in [9.17, 15) is 8.42 Å². The highest BCUT2D eigenvalue weighted by molar-refractivity contribution is 7.88. The van der Waals surface area contributed by atoms with E-state index >= 15 is 0 Å². The Morgan fingerprint density at radius 2 is 1.93 bits per heavy atom. The van der Waals surface area contributed by atoms with E-state index in [0.717, 1.165) is 19.5 Å². The van der Waals surface area contributed by atoms with Crippen molar-refractivity contribution in [3.8, 4) is 0 Å². The first kappa shape index (κ1) is 11.9. The molecule has 1 fully saturated rings. The Kier molecular flexibility index (Phi) is 4.34. The van der Waals surface area contributed by atoms with Gasteiger partial charge in [0.1, 0.15) is 0 Å². The first-order valence-corrected chi connectivity index (χ1v) is 7.00. The van der Waals surface area contributed by atoms with Gasteiger partial charge in [0, 0.05) is 6.54 Å². The Hall–Kier alpha value is -0.130. The van der Waals surface area contributed by atoms with Crippen molar-refractivity contribution in [2.24, 2.45) is 5.92 Å². The van der Waals surface area contributed by atoms with Crippen LogP contribution >= 0.6 is 0 Å². The number of hydrogen-bond acceptors (Lipinski definition) is 3. The summed E-state index contributed by atoms with van der Waals surface area (Å²) in [7, 11) is -0.866. The molecule has 84 valence electrons. The molecule has 0 aromatic carbocycles. The van der Waals surface area contributed by atoms with Gasteiger partial charge < -0.3 is 4.90 Å². The number of rotatable bonds is 4. The highest BCUT2D eigenvalue weighted by atomic mass is 32.2. The smallest absolute Gasteiger partial charge is 0.208 e. The van der Waals surface area contributed by atoms with Crippen LogP contribution in [0.5, 0.6) is 0 Å². The lowest BCUT2D eigenvalue weighted by molar-refractivity contribution is 0.213. The van der Waals surface area contributed by atoms with Crippen molar-refractivity contribution >= 4 is 10.0 Å². The van der Waals surface area contributed by atoms with Gasteiger partial charge in [-0.1, -0.05) is 0 Å². The van der Waals surface area contributed by atoms with E-state index in [1.54, 1.807) is 0 Å². The maximum atomic E-state index is 10.8. The molecular formula is C9H20N2O2S. The standard InChI is InChI=1S/C9H20N2O2S/c1-11-7-4-9(5-8-11)3-6-10-14(2,12)13/h9-10H,3-8H2,1-2H3. The Morgan fingerprint density at radius 1 is 1.36 bits per heavy atom. The molecule has 0 amide bonds. The molecule has 1 saturated heterocycles. The average Bonchev–Trinajstić information content (AvgIpc) is 2.06. The van der Waals surface area contributed by atoms with Crippen molar-refractivity contribution < 1.29 is 8.42 Å². The van der Waals surface area contributed by atoms with E-state index in [0.29, 0.717) is 12.5 Å². The van der Waals surface area contributed by atoms with Gasteiger partial charge in [-0.3, -0.25) is 0 Å². The lowest BCUT2D eigenvalue weighted by atomic mass is 9.94. The number of hydrogen-bond donors (Lipinski definition) is 1. The zero-order chi connectivity index (χ0) is 10.6. The fraction of sp³-hybridized carbons (Fsp3) is 1.00. The summed E-state index contributed by atoms with van der Waals surface area (Å²) in [6.45, 7) is 2.88. The minimum atomic E-state index is -3.00. The minimum Gasteiger partial charge on any atom is -0.306 e. The van der Waals surface area contributed by atoms with Crippen molar-refractivity contribution in [1.82, 2.24) is 9.62 Å². The van der Waals surface area contributed by atoms with Gasteiger partial charge in [-0.15, -0.1) is 0 Å². The van der Waals surface area contributed by atoms with Gasteiger partial charge in [-0.25, -0.2) is 13.1 Å². The van der Waals surface area contributed by atoms with Crippen LogP contribution < -0.4 is 4.72 Å². The number of nitrogens with one attached hydrogen (secondary N) is 1. The van der Waals surface area contributed by atoms with Crippen LogP contribution in [-0.2, 0) is 10.0 Å². The van der Waals surface area contributed by atoms with Gasteiger partial charge >= 0.3 is 0 Å². The summed E-state index contributed by atoms with van der Waals surface area (Å²) in [4.78, 5) is 2.32. The molecule has 0 aliphatic carbocycles. The Balaban J connectivity index is 2.14. The van der Waals surface area contributed by atoms with Crippen LogP contribution in [0.2, 0.25) is 0 Å². The molecule has 5 heteroatoms. The number of nitrogens with zero attached hydrogens (tertiary/aromatic N) is 1. The van der Waals surface area contributed by atoms with E-state index in [-0.39, 0.29) is 0 Å². The van der Waals surface area contributed by atoms with Gasteiger partial charge in [-0.05, 0) is 45.3 Å². The lowest BCUT2D eigenvalue weighted by Crippen LogP contribution is -2.32. The average molecular weight is 220 g/mol. The van der Waals surface area contributed by atoms with Gasteiger partial charge in [0.05, 0.1) is 6.26 Å². The zero-order valence-corrected chi connectivity index (χ0v) is 9.81. The van der Waals surface area contributed by atoms with Crippen LogP contribution in [0.1, 0.15) is 19.3 Å². The molecule has 0 radical (unpaired) electrons. The van der Waals surface area contributed by atoms with Crippen LogP contribution in [0.15, 0.2) is 0 Å². The fourth-order valence-electron chi connectivity index (χ4n) is 1.80. The maximum absolute atomic E-state index is 10.8. The quantitative estimate of drug-likeness (QED) is 0.740. The van der Waals surface area contributed by atoms with Crippen LogP contribution in [-0.4, -0.2) is 46.3 Å². The third-order valence-corrected chi connectivity index (χ3v) is 3.48.